The first-order chi connectivity index (χ1) is 9.24. The summed E-state index contributed by atoms with van der Waals surface area (Å²) in [5.74, 6) is -0.140. The second kappa shape index (κ2) is 4.06. The van der Waals surface area contributed by atoms with E-state index in [0.717, 1.165) is 32.4 Å². The molecule has 2 saturated heterocycles. The minimum Gasteiger partial charge on any atom is -0.450 e. The average Bonchev–Trinajstić information content (AvgIpc) is 2.88. The van der Waals surface area contributed by atoms with Crippen LogP contribution in [0.5, 0.6) is 0 Å². The molecule has 1 spiro atoms. The minimum absolute atomic E-state index is 0.140. The van der Waals surface area contributed by atoms with E-state index < -0.39 is 0 Å². The molecule has 0 aromatic heterocycles. The number of hydrogen-bond donors (Lipinski definition) is 0. The number of fused-ring (bicyclic) bond motifs is 3. The summed E-state index contributed by atoms with van der Waals surface area (Å²) in [6, 6.07) is 0.836. The van der Waals surface area contributed by atoms with Gasteiger partial charge in [0.2, 0.25) is 0 Å². The molecule has 4 heteroatoms. The maximum Gasteiger partial charge on any atom is 0.331 e. The molecule has 0 unspecified atom stereocenters. The number of esters is 1. The van der Waals surface area contributed by atoms with Crippen molar-refractivity contribution in [3.8, 4) is 0 Å². The average molecular weight is 263 g/mol. The van der Waals surface area contributed by atoms with E-state index >= 15 is 0 Å². The largest absolute Gasteiger partial charge is 0.450 e. The van der Waals surface area contributed by atoms with E-state index in [4.69, 9.17) is 9.47 Å². The highest BCUT2D eigenvalue weighted by molar-refractivity contribution is 5.87. The Balaban J connectivity index is 1.74. The van der Waals surface area contributed by atoms with Gasteiger partial charge in [-0.1, -0.05) is 6.42 Å². The molecule has 2 bridgehead atoms. The molecule has 104 valence electrons. The molecule has 1 saturated carbocycles. The second-order valence-electron chi connectivity index (χ2n) is 6.20. The number of nitrogens with zero attached hydrogens (tertiary/aromatic N) is 1. The number of rotatable bonds is 2. The molecule has 3 aliphatic heterocycles. The number of carbonyl (C=O) groups excluding carboxylic acids is 1. The Morgan fingerprint density at radius 1 is 1.53 bits per heavy atom. The first kappa shape index (κ1) is 11.9. The highest BCUT2D eigenvalue weighted by Gasteiger charge is 2.63. The summed E-state index contributed by atoms with van der Waals surface area (Å²) in [6.07, 6.45) is 7.45. The van der Waals surface area contributed by atoms with E-state index in [1.165, 1.54) is 18.4 Å². The predicted octanol–water partition coefficient (Wildman–Crippen LogP) is 1.64. The lowest BCUT2D eigenvalue weighted by Gasteiger charge is -2.37. The number of carbonyl (C=O) groups is 1. The molecule has 19 heavy (non-hydrogen) atoms. The van der Waals surface area contributed by atoms with Crippen LogP contribution in [0.2, 0.25) is 0 Å². The molecule has 0 aromatic rings. The predicted molar refractivity (Wildman–Crippen MR) is 69.7 cm³/mol. The van der Waals surface area contributed by atoms with Gasteiger partial charge in [0.1, 0.15) is 0 Å². The minimum atomic E-state index is -0.296. The lowest BCUT2D eigenvalue weighted by molar-refractivity contribution is -0.149. The van der Waals surface area contributed by atoms with Crippen molar-refractivity contribution >= 4 is 5.97 Å². The Kier molecular flexibility index (Phi) is 2.55. The summed E-state index contributed by atoms with van der Waals surface area (Å²) >= 11 is 0. The van der Waals surface area contributed by atoms with Crippen molar-refractivity contribution in [3.05, 3.63) is 11.6 Å². The normalized spacial score (nSPS) is 44.6. The quantitative estimate of drug-likeness (QED) is 0.710. The van der Waals surface area contributed by atoms with Crippen LogP contribution in [0, 0.1) is 0 Å². The Hall–Kier alpha value is -0.870. The third-order valence-electron chi connectivity index (χ3n) is 5.37. The van der Waals surface area contributed by atoms with Crippen molar-refractivity contribution in [2.45, 2.75) is 62.8 Å². The van der Waals surface area contributed by atoms with Gasteiger partial charge in [0.25, 0.3) is 0 Å². The van der Waals surface area contributed by atoms with Crippen LogP contribution in [0.15, 0.2) is 11.6 Å². The van der Waals surface area contributed by atoms with Crippen molar-refractivity contribution in [2.75, 3.05) is 13.2 Å². The summed E-state index contributed by atoms with van der Waals surface area (Å²) < 4.78 is 11.8. The Labute approximate surface area is 113 Å². The van der Waals surface area contributed by atoms with Gasteiger partial charge >= 0.3 is 5.97 Å². The van der Waals surface area contributed by atoms with E-state index in [2.05, 4.69) is 11.8 Å². The van der Waals surface area contributed by atoms with Gasteiger partial charge in [0, 0.05) is 31.6 Å². The van der Waals surface area contributed by atoms with Gasteiger partial charge in [-0.05, 0) is 31.9 Å². The smallest absolute Gasteiger partial charge is 0.331 e. The van der Waals surface area contributed by atoms with E-state index in [1.54, 1.807) is 6.08 Å². The molecule has 4 nitrogen and oxygen atoms in total. The first-order valence-corrected chi connectivity index (χ1v) is 7.56. The van der Waals surface area contributed by atoms with Crippen molar-refractivity contribution in [1.29, 1.82) is 0 Å². The zero-order valence-corrected chi connectivity index (χ0v) is 11.4. The van der Waals surface area contributed by atoms with Crippen molar-refractivity contribution < 1.29 is 14.3 Å². The van der Waals surface area contributed by atoms with Crippen molar-refractivity contribution in [3.63, 3.8) is 0 Å². The summed E-state index contributed by atoms with van der Waals surface area (Å²) in [4.78, 5) is 14.3. The van der Waals surface area contributed by atoms with Crippen LogP contribution in [-0.4, -0.2) is 47.8 Å². The van der Waals surface area contributed by atoms with Crippen LogP contribution in [0.3, 0.4) is 0 Å². The molecule has 0 aromatic carbocycles. The summed E-state index contributed by atoms with van der Waals surface area (Å²) in [5, 5.41) is 0. The Morgan fingerprint density at radius 2 is 2.42 bits per heavy atom. The monoisotopic (exact) mass is 263 g/mol. The summed E-state index contributed by atoms with van der Waals surface area (Å²) in [6.45, 7) is 3.93. The maximum atomic E-state index is 11.8. The highest BCUT2D eigenvalue weighted by atomic mass is 16.6. The van der Waals surface area contributed by atoms with E-state index in [-0.39, 0.29) is 17.7 Å². The topological polar surface area (TPSA) is 38.8 Å². The maximum absolute atomic E-state index is 11.8. The molecule has 3 heterocycles. The van der Waals surface area contributed by atoms with Crippen LogP contribution in [0.4, 0.5) is 0 Å². The van der Waals surface area contributed by atoms with Crippen LogP contribution in [0.1, 0.15) is 39.0 Å². The number of ether oxygens (including phenoxy) is 2. The fourth-order valence-electron chi connectivity index (χ4n) is 4.72. The zero-order valence-electron chi connectivity index (χ0n) is 11.4. The molecule has 4 aliphatic rings. The molecular formula is C15H21NO3. The third kappa shape index (κ3) is 1.50. The van der Waals surface area contributed by atoms with Crippen LogP contribution >= 0.6 is 0 Å². The van der Waals surface area contributed by atoms with E-state index in [1.807, 2.05) is 0 Å². The molecule has 0 radical (unpaired) electrons. The van der Waals surface area contributed by atoms with Gasteiger partial charge in [-0.25, -0.2) is 4.79 Å². The summed E-state index contributed by atoms with van der Waals surface area (Å²) in [7, 11) is 0. The molecule has 3 fully saturated rings. The molecule has 0 N–H and O–H groups in total. The fourth-order valence-corrected chi connectivity index (χ4v) is 4.72. The molecular weight excluding hydrogens is 242 g/mol. The lowest BCUT2D eigenvalue weighted by atomic mass is 9.76. The van der Waals surface area contributed by atoms with E-state index in [0.29, 0.717) is 12.1 Å². The van der Waals surface area contributed by atoms with Crippen molar-refractivity contribution in [1.82, 2.24) is 4.90 Å². The van der Waals surface area contributed by atoms with Gasteiger partial charge in [-0.3, -0.25) is 4.90 Å². The number of piperidine rings is 1. The van der Waals surface area contributed by atoms with Crippen LogP contribution in [0.25, 0.3) is 0 Å². The van der Waals surface area contributed by atoms with Gasteiger partial charge < -0.3 is 9.47 Å². The van der Waals surface area contributed by atoms with Crippen LogP contribution < -0.4 is 0 Å². The standard InChI is InChI=1S/C15H21NO3/c1-2-18-12-7-10-8-14(17)19-15(10)9-11(12)16-6-4-3-5-13(15)16/h8,11-13H,2-7,9H2,1H3/t11-,12-,13-,15-/m0/s1. The Bertz CT molecular complexity index is 447. The van der Waals surface area contributed by atoms with Gasteiger partial charge in [0.15, 0.2) is 5.60 Å². The molecule has 0 amide bonds. The zero-order chi connectivity index (χ0) is 13.0. The first-order valence-electron chi connectivity index (χ1n) is 7.56. The summed E-state index contributed by atoms with van der Waals surface area (Å²) in [5.41, 5.74) is 0.900. The van der Waals surface area contributed by atoms with Crippen LogP contribution in [-0.2, 0) is 14.3 Å². The SMILES string of the molecule is CCO[C@H]1CC2=CC(=O)O[C@@]23C[C@@H]1N1CCCC[C@H]13. The van der Waals surface area contributed by atoms with E-state index in [9.17, 15) is 4.79 Å². The highest BCUT2D eigenvalue weighted by Crippen LogP contribution is 2.54. The molecule has 4 rings (SSSR count). The molecule has 1 aliphatic carbocycles. The van der Waals surface area contributed by atoms with Gasteiger partial charge in [-0.15, -0.1) is 0 Å². The van der Waals surface area contributed by atoms with Crippen molar-refractivity contribution in [2.24, 2.45) is 0 Å². The lowest BCUT2D eigenvalue weighted by Crippen LogP contribution is -2.48. The molecule has 4 atom stereocenters. The van der Waals surface area contributed by atoms with Gasteiger partial charge in [-0.2, -0.15) is 0 Å². The fraction of sp³-hybridized carbons (Fsp3) is 0.800. The Morgan fingerprint density at radius 3 is 3.26 bits per heavy atom. The number of hydrogen-bond acceptors (Lipinski definition) is 4. The third-order valence-corrected chi connectivity index (χ3v) is 5.37. The van der Waals surface area contributed by atoms with Gasteiger partial charge in [0.05, 0.1) is 12.1 Å². The second-order valence-corrected chi connectivity index (χ2v) is 6.20.